The van der Waals surface area contributed by atoms with Gasteiger partial charge in [-0.05, 0) is 19.8 Å². The highest BCUT2D eigenvalue weighted by Crippen LogP contribution is 2.20. The number of hydrogen-bond donors (Lipinski definition) is 2. The van der Waals surface area contributed by atoms with Crippen LogP contribution in [0.3, 0.4) is 0 Å². The van der Waals surface area contributed by atoms with E-state index < -0.39 is 10.0 Å². The predicted molar refractivity (Wildman–Crippen MR) is 90.0 cm³/mol. The van der Waals surface area contributed by atoms with Crippen molar-refractivity contribution in [1.29, 1.82) is 0 Å². The molecule has 1 aliphatic rings. The number of methoxy groups -OCH3 is 1. The molecule has 2 rings (SSSR count). The van der Waals surface area contributed by atoms with Gasteiger partial charge in [-0.1, -0.05) is 19.3 Å². The molecule has 0 aromatic carbocycles. The van der Waals surface area contributed by atoms with E-state index >= 15 is 0 Å². The highest BCUT2D eigenvalue weighted by Gasteiger charge is 2.20. The first-order valence-electron chi connectivity index (χ1n) is 8.20. The molecule has 1 aromatic heterocycles. The molecule has 7 nitrogen and oxygen atoms in total. The average molecular weight is 344 g/mol. The molecule has 23 heavy (non-hydrogen) atoms. The molecular formula is C15H28N4O3S. The topological polar surface area (TPSA) is 85.2 Å². The molecule has 0 saturated heterocycles. The third kappa shape index (κ3) is 5.19. The summed E-state index contributed by atoms with van der Waals surface area (Å²) in [4.78, 5) is 0. The summed E-state index contributed by atoms with van der Waals surface area (Å²) in [6.07, 6.45) is 5.36. The molecule has 0 bridgehead atoms. The highest BCUT2D eigenvalue weighted by molar-refractivity contribution is 7.89. The Bertz CT molecular complexity index is 606. The lowest BCUT2D eigenvalue weighted by atomic mass is 9.96. The maximum atomic E-state index is 12.1. The number of aromatic nitrogens is 2. The molecule has 0 amide bonds. The molecule has 1 aromatic rings. The molecule has 132 valence electrons. The number of rotatable bonds is 8. The summed E-state index contributed by atoms with van der Waals surface area (Å²) in [7, 11) is 0.216. The highest BCUT2D eigenvalue weighted by atomic mass is 32.2. The second kappa shape index (κ2) is 8.12. The van der Waals surface area contributed by atoms with E-state index in [0.717, 1.165) is 36.9 Å². The molecule has 0 atom stereocenters. The second-order valence-electron chi connectivity index (χ2n) is 6.15. The molecule has 0 radical (unpaired) electrons. The van der Waals surface area contributed by atoms with E-state index in [2.05, 4.69) is 15.1 Å². The van der Waals surface area contributed by atoms with Crippen LogP contribution in [0.4, 0.5) is 0 Å². The zero-order valence-corrected chi connectivity index (χ0v) is 15.1. The van der Waals surface area contributed by atoms with Crippen molar-refractivity contribution in [3.05, 3.63) is 11.3 Å². The fourth-order valence-electron chi connectivity index (χ4n) is 3.09. The van der Waals surface area contributed by atoms with Gasteiger partial charge < -0.3 is 10.1 Å². The molecular weight excluding hydrogens is 316 g/mol. The van der Waals surface area contributed by atoms with Gasteiger partial charge in [0, 0.05) is 26.2 Å². The third-order valence-electron chi connectivity index (χ3n) is 4.28. The monoisotopic (exact) mass is 344 g/mol. The van der Waals surface area contributed by atoms with Crippen molar-refractivity contribution in [2.75, 3.05) is 19.4 Å². The third-order valence-corrected chi connectivity index (χ3v) is 5.72. The molecule has 1 heterocycles. The maximum absolute atomic E-state index is 12.1. The molecule has 0 aliphatic heterocycles. The summed E-state index contributed by atoms with van der Waals surface area (Å²) in [6, 6.07) is 0.120. The van der Waals surface area contributed by atoms with Gasteiger partial charge >= 0.3 is 0 Å². The van der Waals surface area contributed by atoms with E-state index in [0.29, 0.717) is 19.0 Å². The van der Waals surface area contributed by atoms with Crippen molar-refractivity contribution < 1.29 is 13.2 Å². The van der Waals surface area contributed by atoms with Gasteiger partial charge in [0.2, 0.25) is 15.9 Å². The maximum Gasteiger partial charge on any atom is 0.216 e. The van der Waals surface area contributed by atoms with Crippen LogP contribution in [-0.2, 0) is 23.6 Å². The minimum atomic E-state index is -3.22. The van der Waals surface area contributed by atoms with Gasteiger partial charge in [0.15, 0.2) is 0 Å². The lowest BCUT2D eigenvalue weighted by Crippen LogP contribution is -2.39. The van der Waals surface area contributed by atoms with Crippen LogP contribution >= 0.6 is 0 Å². The van der Waals surface area contributed by atoms with Crippen molar-refractivity contribution in [1.82, 2.24) is 19.8 Å². The van der Waals surface area contributed by atoms with E-state index in [4.69, 9.17) is 4.74 Å². The predicted octanol–water partition coefficient (Wildman–Crippen LogP) is 1.08. The summed E-state index contributed by atoms with van der Waals surface area (Å²) in [5.41, 5.74) is 1.85. The Balaban J connectivity index is 1.78. The van der Waals surface area contributed by atoms with Crippen molar-refractivity contribution >= 4 is 10.0 Å². The summed E-state index contributed by atoms with van der Waals surface area (Å²) < 4.78 is 34.1. The van der Waals surface area contributed by atoms with E-state index in [9.17, 15) is 8.42 Å². The lowest BCUT2D eigenvalue weighted by Gasteiger charge is -2.22. The SMILES string of the molecule is COc1c(CNCCS(=O)(=O)NC2CCCCC2)c(C)nn1C. The summed E-state index contributed by atoms with van der Waals surface area (Å²) in [5, 5.41) is 7.48. The number of ether oxygens (including phenoxy) is 1. The van der Waals surface area contributed by atoms with Crippen LogP contribution in [0.15, 0.2) is 0 Å². The van der Waals surface area contributed by atoms with Crippen molar-refractivity contribution in [3.8, 4) is 5.88 Å². The van der Waals surface area contributed by atoms with Crippen LogP contribution in [0.5, 0.6) is 5.88 Å². The van der Waals surface area contributed by atoms with Gasteiger partial charge in [-0.15, -0.1) is 0 Å². The first-order chi connectivity index (χ1) is 10.9. The van der Waals surface area contributed by atoms with Gasteiger partial charge in [-0.2, -0.15) is 5.10 Å². The van der Waals surface area contributed by atoms with Crippen LogP contribution in [-0.4, -0.2) is 43.6 Å². The molecule has 8 heteroatoms. The Morgan fingerprint density at radius 1 is 1.30 bits per heavy atom. The summed E-state index contributed by atoms with van der Waals surface area (Å²) in [5.74, 6) is 0.795. The Morgan fingerprint density at radius 3 is 2.65 bits per heavy atom. The minimum Gasteiger partial charge on any atom is -0.481 e. The lowest BCUT2D eigenvalue weighted by molar-refractivity contribution is 0.368. The fraction of sp³-hybridized carbons (Fsp3) is 0.800. The Morgan fingerprint density at radius 2 is 2.00 bits per heavy atom. The smallest absolute Gasteiger partial charge is 0.216 e. The zero-order valence-electron chi connectivity index (χ0n) is 14.3. The molecule has 0 spiro atoms. The number of nitrogens with zero attached hydrogens (tertiary/aromatic N) is 2. The first-order valence-corrected chi connectivity index (χ1v) is 9.85. The fourth-order valence-corrected chi connectivity index (χ4v) is 4.37. The minimum absolute atomic E-state index is 0.0884. The van der Waals surface area contributed by atoms with Crippen molar-refractivity contribution in [2.24, 2.45) is 7.05 Å². The van der Waals surface area contributed by atoms with Gasteiger partial charge in [-0.25, -0.2) is 17.8 Å². The molecule has 0 unspecified atom stereocenters. The van der Waals surface area contributed by atoms with Crippen LogP contribution in [0.2, 0.25) is 0 Å². The standard InChI is InChI=1S/C15H28N4O3S/c1-12-14(15(22-3)19(2)17-12)11-16-9-10-23(20,21)18-13-7-5-4-6-8-13/h13,16,18H,4-11H2,1-3H3. The van der Waals surface area contributed by atoms with E-state index in [-0.39, 0.29) is 11.8 Å². The van der Waals surface area contributed by atoms with E-state index in [1.165, 1.54) is 6.42 Å². The number of nitrogens with one attached hydrogen (secondary N) is 2. The average Bonchev–Trinajstić information content (AvgIpc) is 2.77. The van der Waals surface area contributed by atoms with Gasteiger partial charge in [0.25, 0.3) is 0 Å². The largest absolute Gasteiger partial charge is 0.481 e. The van der Waals surface area contributed by atoms with Crippen molar-refractivity contribution in [3.63, 3.8) is 0 Å². The van der Waals surface area contributed by atoms with E-state index in [1.807, 2.05) is 14.0 Å². The summed E-state index contributed by atoms with van der Waals surface area (Å²) >= 11 is 0. The van der Waals surface area contributed by atoms with E-state index in [1.54, 1.807) is 11.8 Å². The van der Waals surface area contributed by atoms with Crippen LogP contribution in [0.25, 0.3) is 0 Å². The molecule has 1 saturated carbocycles. The zero-order chi connectivity index (χ0) is 16.9. The second-order valence-corrected chi connectivity index (χ2v) is 8.02. The van der Waals surface area contributed by atoms with Crippen LogP contribution in [0.1, 0.15) is 43.4 Å². The van der Waals surface area contributed by atoms with Gasteiger partial charge in [0.1, 0.15) is 0 Å². The van der Waals surface area contributed by atoms with Crippen molar-refractivity contribution in [2.45, 2.75) is 51.6 Å². The molecule has 1 aliphatic carbocycles. The normalized spacial score (nSPS) is 16.7. The number of sulfonamides is 1. The van der Waals surface area contributed by atoms with Gasteiger partial charge in [0.05, 0.1) is 24.1 Å². The Hall–Kier alpha value is -1.12. The Labute approximate surface area is 138 Å². The molecule has 1 fully saturated rings. The van der Waals surface area contributed by atoms with Crippen LogP contribution < -0.4 is 14.8 Å². The molecule has 2 N–H and O–H groups in total. The summed E-state index contributed by atoms with van der Waals surface area (Å²) in [6.45, 7) is 2.86. The van der Waals surface area contributed by atoms with Gasteiger partial charge in [-0.3, -0.25) is 0 Å². The quantitative estimate of drug-likeness (QED) is 0.689. The van der Waals surface area contributed by atoms with Crippen LogP contribution in [0, 0.1) is 6.92 Å². The Kier molecular flexibility index (Phi) is 6.43. The number of hydrogen-bond acceptors (Lipinski definition) is 5. The number of aryl methyl sites for hydroxylation is 2. The first kappa shape index (κ1) is 18.2.